The van der Waals surface area contributed by atoms with Gasteiger partial charge < -0.3 is 4.74 Å². The smallest absolute Gasteiger partial charge is 0.334 e. The van der Waals surface area contributed by atoms with Gasteiger partial charge in [0.1, 0.15) is 0 Å². The topological polar surface area (TPSA) is 38.3 Å². The molecule has 0 aromatic rings. The Kier molecular flexibility index (Phi) is 19.3. The van der Waals surface area contributed by atoms with Crippen molar-refractivity contribution in [2.24, 2.45) is 0 Å². The quantitative estimate of drug-likeness (QED) is 0.104. The molecule has 0 saturated carbocycles. The van der Waals surface area contributed by atoms with Gasteiger partial charge in [0.15, 0.2) is 6.23 Å². The minimum atomic E-state index is -0.279. The van der Waals surface area contributed by atoms with Gasteiger partial charge in [-0.1, -0.05) is 104 Å². The van der Waals surface area contributed by atoms with Gasteiger partial charge in [0, 0.05) is 5.57 Å². The van der Waals surface area contributed by atoms with Gasteiger partial charge in [-0.05, 0) is 32.7 Å². The van der Waals surface area contributed by atoms with Gasteiger partial charge in [0.05, 0.1) is 0 Å². The molecule has 160 valence electrons. The number of rotatable bonds is 20. The van der Waals surface area contributed by atoms with Crippen molar-refractivity contribution >= 4 is 5.97 Å². The number of carbonyl (C=O) groups is 1. The third-order valence-corrected chi connectivity index (χ3v) is 5.07. The second kappa shape index (κ2) is 19.9. The lowest BCUT2D eigenvalue weighted by molar-refractivity contribution is -0.146. The van der Waals surface area contributed by atoms with E-state index in [0.717, 1.165) is 32.2 Å². The predicted octanol–water partition coefficient (Wildman–Crippen LogP) is 7.30. The molecule has 0 amide bonds. The van der Waals surface area contributed by atoms with Crippen molar-refractivity contribution in [1.82, 2.24) is 5.32 Å². The Morgan fingerprint density at radius 1 is 0.778 bits per heavy atom. The fourth-order valence-electron chi connectivity index (χ4n) is 3.22. The largest absolute Gasteiger partial charge is 0.443 e. The first kappa shape index (κ1) is 26.2. The summed E-state index contributed by atoms with van der Waals surface area (Å²) in [7, 11) is 0. The van der Waals surface area contributed by atoms with E-state index in [-0.39, 0.29) is 12.2 Å². The summed E-state index contributed by atoms with van der Waals surface area (Å²) in [6, 6.07) is 0. The van der Waals surface area contributed by atoms with Crippen LogP contribution in [-0.4, -0.2) is 18.7 Å². The Hall–Kier alpha value is -0.830. The molecule has 0 aromatic carbocycles. The van der Waals surface area contributed by atoms with E-state index in [1.54, 1.807) is 6.92 Å². The van der Waals surface area contributed by atoms with Crippen LogP contribution >= 0.6 is 0 Å². The van der Waals surface area contributed by atoms with Gasteiger partial charge in [0.2, 0.25) is 0 Å². The SMILES string of the molecule is C=C(C)C(=O)OC(CCCCCCCCCCCCCCC)NCCCC. The Labute approximate surface area is 169 Å². The Morgan fingerprint density at radius 3 is 1.67 bits per heavy atom. The van der Waals surface area contributed by atoms with E-state index in [9.17, 15) is 4.79 Å². The summed E-state index contributed by atoms with van der Waals surface area (Å²) in [6.45, 7) is 10.7. The van der Waals surface area contributed by atoms with Crippen LogP contribution in [0.15, 0.2) is 12.2 Å². The lowest BCUT2D eigenvalue weighted by Crippen LogP contribution is -2.34. The minimum Gasteiger partial charge on any atom is -0.443 e. The van der Waals surface area contributed by atoms with Crippen molar-refractivity contribution in [2.75, 3.05) is 6.54 Å². The van der Waals surface area contributed by atoms with E-state index in [2.05, 4.69) is 25.7 Å². The molecule has 0 aromatic heterocycles. The molecule has 1 atom stereocenters. The normalized spacial score (nSPS) is 12.1. The molecule has 0 aliphatic rings. The monoisotopic (exact) mass is 381 g/mol. The summed E-state index contributed by atoms with van der Waals surface area (Å²) in [5, 5.41) is 3.37. The molecule has 0 spiro atoms. The fraction of sp³-hybridized carbons (Fsp3) is 0.875. The van der Waals surface area contributed by atoms with Crippen molar-refractivity contribution in [3.05, 3.63) is 12.2 Å². The average Bonchev–Trinajstić information content (AvgIpc) is 2.65. The van der Waals surface area contributed by atoms with Crippen LogP contribution < -0.4 is 5.32 Å². The molecule has 0 saturated heterocycles. The highest BCUT2D eigenvalue weighted by Gasteiger charge is 2.13. The lowest BCUT2D eigenvalue weighted by atomic mass is 10.0. The summed E-state index contributed by atoms with van der Waals surface area (Å²) in [5.74, 6) is -0.279. The van der Waals surface area contributed by atoms with E-state index in [1.165, 1.54) is 77.0 Å². The van der Waals surface area contributed by atoms with Crippen LogP contribution in [0.2, 0.25) is 0 Å². The lowest BCUT2D eigenvalue weighted by Gasteiger charge is -2.19. The average molecular weight is 382 g/mol. The van der Waals surface area contributed by atoms with Gasteiger partial charge in [-0.25, -0.2) is 4.79 Å². The van der Waals surface area contributed by atoms with Crippen LogP contribution in [-0.2, 0) is 9.53 Å². The third-order valence-electron chi connectivity index (χ3n) is 5.07. The van der Waals surface area contributed by atoms with E-state index < -0.39 is 0 Å². The number of hydrogen-bond donors (Lipinski definition) is 1. The van der Waals surface area contributed by atoms with Crippen molar-refractivity contribution in [3.63, 3.8) is 0 Å². The van der Waals surface area contributed by atoms with Crippen molar-refractivity contribution in [3.8, 4) is 0 Å². The van der Waals surface area contributed by atoms with Crippen LogP contribution in [0.3, 0.4) is 0 Å². The molecule has 0 radical (unpaired) electrons. The molecule has 0 fully saturated rings. The molecule has 1 N–H and O–H groups in total. The van der Waals surface area contributed by atoms with E-state index in [4.69, 9.17) is 4.74 Å². The van der Waals surface area contributed by atoms with Crippen LogP contribution in [0.25, 0.3) is 0 Å². The molecule has 0 rings (SSSR count). The van der Waals surface area contributed by atoms with Crippen LogP contribution in [0.4, 0.5) is 0 Å². The highest BCUT2D eigenvalue weighted by molar-refractivity contribution is 5.87. The van der Waals surface area contributed by atoms with Gasteiger partial charge in [-0.3, -0.25) is 5.32 Å². The van der Waals surface area contributed by atoms with Crippen molar-refractivity contribution < 1.29 is 9.53 Å². The van der Waals surface area contributed by atoms with Gasteiger partial charge in [-0.15, -0.1) is 0 Å². The Bertz CT molecular complexity index is 354. The summed E-state index contributed by atoms with van der Waals surface area (Å²) >= 11 is 0. The predicted molar refractivity (Wildman–Crippen MR) is 118 cm³/mol. The summed E-state index contributed by atoms with van der Waals surface area (Å²) in [6.07, 6.45) is 20.6. The number of unbranched alkanes of at least 4 members (excludes halogenated alkanes) is 13. The van der Waals surface area contributed by atoms with Crippen LogP contribution in [0, 0.1) is 0 Å². The van der Waals surface area contributed by atoms with Crippen molar-refractivity contribution in [1.29, 1.82) is 0 Å². The number of nitrogens with one attached hydrogen (secondary N) is 1. The van der Waals surface area contributed by atoms with Crippen LogP contribution in [0.5, 0.6) is 0 Å². The minimum absolute atomic E-state index is 0.159. The number of carbonyl (C=O) groups excluding carboxylic acids is 1. The van der Waals surface area contributed by atoms with E-state index in [0.29, 0.717) is 5.57 Å². The second-order valence-corrected chi connectivity index (χ2v) is 8.01. The maximum Gasteiger partial charge on any atom is 0.334 e. The zero-order valence-electron chi connectivity index (χ0n) is 18.6. The molecule has 0 aliphatic carbocycles. The standard InChI is InChI=1S/C24H47NO2/c1-5-7-9-10-11-12-13-14-15-16-17-18-19-20-23(25-21-8-6-2)27-24(26)22(3)4/h23,25H,3,5-21H2,1-2,4H3. The number of esters is 1. The molecular weight excluding hydrogens is 334 g/mol. The summed E-state index contributed by atoms with van der Waals surface area (Å²) in [4.78, 5) is 11.8. The molecule has 0 heterocycles. The molecular formula is C24H47NO2. The molecule has 3 heteroatoms. The van der Waals surface area contributed by atoms with Gasteiger partial charge in [0.25, 0.3) is 0 Å². The zero-order valence-corrected chi connectivity index (χ0v) is 18.6. The van der Waals surface area contributed by atoms with E-state index in [1.807, 2.05) is 0 Å². The molecule has 27 heavy (non-hydrogen) atoms. The molecule has 0 bridgehead atoms. The summed E-state index contributed by atoms with van der Waals surface area (Å²) in [5.41, 5.74) is 0.475. The maximum absolute atomic E-state index is 11.8. The Balaban J connectivity index is 3.60. The molecule has 3 nitrogen and oxygen atoms in total. The van der Waals surface area contributed by atoms with Gasteiger partial charge in [-0.2, -0.15) is 0 Å². The highest BCUT2D eigenvalue weighted by Crippen LogP contribution is 2.14. The molecule has 1 unspecified atom stereocenters. The summed E-state index contributed by atoms with van der Waals surface area (Å²) < 4.78 is 5.52. The van der Waals surface area contributed by atoms with Crippen LogP contribution in [0.1, 0.15) is 124 Å². The maximum atomic E-state index is 11.8. The second-order valence-electron chi connectivity index (χ2n) is 8.01. The highest BCUT2D eigenvalue weighted by atomic mass is 16.6. The first-order chi connectivity index (χ1) is 13.1. The van der Waals surface area contributed by atoms with Gasteiger partial charge >= 0.3 is 5.97 Å². The zero-order chi connectivity index (χ0) is 20.2. The fourth-order valence-corrected chi connectivity index (χ4v) is 3.22. The van der Waals surface area contributed by atoms with Crippen molar-refractivity contribution in [2.45, 2.75) is 130 Å². The third kappa shape index (κ3) is 18.3. The Morgan fingerprint density at radius 2 is 1.22 bits per heavy atom. The number of ether oxygens (including phenoxy) is 1. The first-order valence-corrected chi connectivity index (χ1v) is 11.7. The molecule has 0 aliphatic heterocycles. The number of hydrogen-bond acceptors (Lipinski definition) is 3. The van der Waals surface area contributed by atoms with E-state index >= 15 is 0 Å². The first-order valence-electron chi connectivity index (χ1n) is 11.7.